The summed E-state index contributed by atoms with van der Waals surface area (Å²) in [4.78, 5) is 20.1. The number of nitrogens with zero attached hydrogens (tertiary/aromatic N) is 3. The van der Waals surface area contributed by atoms with E-state index >= 15 is 0 Å². The molecule has 3 rings (SSSR count). The molecule has 0 saturated carbocycles. The van der Waals surface area contributed by atoms with Gasteiger partial charge in [0, 0.05) is 38.1 Å². The maximum absolute atomic E-state index is 11.4. The number of carboxylic acids is 1. The highest BCUT2D eigenvalue weighted by Gasteiger charge is 2.19. The van der Waals surface area contributed by atoms with Crippen LogP contribution in [-0.4, -0.2) is 32.2 Å². The van der Waals surface area contributed by atoms with Gasteiger partial charge >= 0.3 is 5.97 Å². The molecule has 6 heteroatoms. The number of carboxylic acid groups (broad SMARTS) is 1. The molecule has 0 radical (unpaired) electrons. The van der Waals surface area contributed by atoms with Crippen LogP contribution in [0.25, 0.3) is 0 Å². The van der Waals surface area contributed by atoms with Gasteiger partial charge in [-0.2, -0.15) is 0 Å². The molecular weight excluding hydrogens is 268 g/mol. The Morgan fingerprint density at radius 2 is 2.33 bits per heavy atom. The minimum atomic E-state index is -0.934. The van der Waals surface area contributed by atoms with Crippen LogP contribution in [0.1, 0.15) is 33.9 Å². The number of nitrogens with one attached hydrogen (secondary N) is 1. The number of aromatic carboxylic acids is 1. The second kappa shape index (κ2) is 5.55. The van der Waals surface area contributed by atoms with Gasteiger partial charge in [0.15, 0.2) is 0 Å². The zero-order chi connectivity index (χ0) is 14.8. The number of pyridine rings is 1. The van der Waals surface area contributed by atoms with Crippen molar-refractivity contribution in [2.45, 2.75) is 25.7 Å². The molecule has 0 amide bonds. The van der Waals surface area contributed by atoms with Gasteiger partial charge in [0.25, 0.3) is 0 Å². The lowest BCUT2D eigenvalue weighted by Gasteiger charge is -2.11. The Morgan fingerprint density at radius 1 is 1.48 bits per heavy atom. The Labute approximate surface area is 122 Å². The van der Waals surface area contributed by atoms with Crippen molar-refractivity contribution in [3.63, 3.8) is 0 Å². The van der Waals surface area contributed by atoms with Crippen molar-refractivity contribution in [3.8, 4) is 0 Å². The van der Waals surface area contributed by atoms with Crippen molar-refractivity contribution < 1.29 is 9.90 Å². The molecule has 6 nitrogen and oxygen atoms in total. The van der Waals surface area contributed by atoms with Crippen molar-refractivity contribution in [3.05, 3.63) is 41.1 Å². The Morgan fingerprint density at radius 3 is 3.05 bits per heavy atom. The number of aryl methyl sites for hydroxylation is 3. The van der Waals surface area contributed by atoms with E-state index in [1.807, 2.05) is 17.8 Å². The number of rotatable bonds is 5. The molecular formula is C15H18N4O2. The zero-order valence-corrected chi connectivity index (χ0v) is 12.0. The zero-order valence-electron chi connectivity index (χ0n) is 12.0. The molecule has 0 spiro atoms. The van der Waals surface area contributed by atoms with Gasteiger partial charge in [0.1, 0.15) is 17.2 Å². The van der Waals surface area contributed by atoms with Gasteiger partial charge in [-0.25, -0.2) is 14.8 Å². The Bertz CT molecular complexity index is 678. The van der Waals surface area contributed by atoms with Gasteiger partial charge in [-0.15, -0.1) is 0 Å². The molecule has 1 aliphatic carbocycles. The summed E-state index contributed by atoms with van der Waals surface area (Å²) in [5, 5.41) is 12.5. The highest BCUT2D eigenvalue weighted by atomic mass is 16.4. The lowest BCUT2D eigenvalue weighted by atomic mass is 10.1. The number of carbonyl (C=O) groups is 1. The standard InChI is InChI=1S/C15H18N4O2/c1-19-8-7-16-13(19)5-6-17-14-11(15(20)21)9-10-3-2-4-12(10)18-14/h7-9H,2-6H2,1H3,(H,17,18)(H,20,21). The predicted octanol–water partition coefficient (Wildman–Crippen LogP) is 1.66. The highest BCUT2D eigenvalue weighted by Crippen LogP contribution is 2.25. The molecule has 110 valence electrons. The molecule has 2 aromatic rings. The fraction of sp³-hybridized carbons (Fsp3) is 0.400. The molecule has 0 fully saturated rings. The summed E-state index contributed by atoms with van der Waals surface area (Å²) < 4.78 is 1.95. The summed E-state index contributed by atoms with van der Waals surface area (Å²) in [5.41, 5.74) is 2.36. The lowest BCUT2D eigenvalue weighted by molar-refractivity contribution is 0.0697. The van der Waals surface area contributed by atoms with Gasteiger partial charge in [0.05, 0.1) is 0 Å². The molecule has 0 bridgehead atoms. The van der Waals surface area contributed by atoms with Crippen LogP contribution < -0.4 is 5.32 Å². The molecule has 21 heavy (non-hydrogen) atoms. The van der Waals surface area contributed by atoms with Crippen LogP contribution in [0.15, 0.2) is 18.5 Å². The lowest BCUT2D eigenvalue weighted by Crippen LogP contribution is -2.14. The fourth-order valence-electron chi connectivity index (χ4n) is 2.70. The Balaban J connectivity index is 1.75. The Hall–Kier alpha value is -2.37. The van der Waals surface area contributed by atoms with Crippen LogP contribution in [0.2, 0.25) is 0 Å². The summed E-state index contributed by atoms with van der Waals surface area (Å²) in [7, 11) is 1.94. The average Bonchev–Trinajstić information content (AvgIpc) is 3.06. The van der Waals surface area contributed by atoms with Crippen LogP contribution in [0.5, 0.6) is 0 Å². The number of hydrogen-bond acceptors (Lipinski definition) is 4. The molecule has 1 aliphatic rings. The minimum absolute atomic E-state index is 0.260. The number of imidazole rings is 1. The molecule has 2 aromatic heterocycles. The highest BCUT2D eigenvalue weighted by molar-refractivity contribution is 5.93. The van der Waals surface area contributed by atoms with Crippen molar-refractivity contribution >= 4 is 11.8 Å². The SMILES string of the molecule is Cn1ccnc1CCNc1nc2c(cc1C(=O)O)CCC2. The average molecular weight is 286 g/mol. The molecule has 2 N–H and O–H groups in total. The summed E-state index contributed by atoms with van der Waals surface area (Å²) >= 11 is 0. The van der Waals surface area contributed by atoms with Gasteiger partial charge in [-0.1, -0.05) is 0 Å². The van der Waals surface area contributed by atoms with E-state index in [4.69, 9.17) is 0 Å². The van der Waals surface area contributed by atoms with E-state index in [0.717, 1.165) is 42.8 Å². The largest absolute Gasteiger partial charge is 0.478 e. The van der Waals surface area contributed by atoms with E-state index in [9.17, 15) is 9.90 Å². The maximum atomic E-state index is 11.4. The predicted molar refractivity (Wildman–Crippen MR) is 78.6 cm³/mol. The molecule has 2 heterocycles. The first-order valence-corrected chi connectivity index (χ1v) is 7.11. The first-order chi connectivity index (χ1) is 10.1. The normalized spacial score (nSPS) is 13.2. The van der Waals surface area contributed by atoms with Crippen LogP contribution in [0.4, 0.5) is 5.82 Å². The van der Waals surface area contributed by atoms with Crippen LogP contribution in [0, 0.1) is 0 Å². The summed E-state index contributed by atoms with van der Waals surface area (Å²) in [6, 6.07) is 1.76. The van der Waals surface area contributed by atoms with Crippen molar-refractivity contribution in [1.29, 1.82) is 0 Å². The van der Waals surface area contributed by atoms with Gasteiger partial charge in [0.2, 0.25) is 0 Å². The smallest absolute Gasteiger partial charge is 0.339 e. The van der Waals surface area contributed by atoms with Gasteiger partial charge in [-0.3, -0.25) is 0 Å². The number of hydrogen-bond donors (Lipinski definition) is 2. The topological polar surface area (TPSA) is 80.0 Å². The van der Waals surface area contributed by atoms with Crippen LogP contribution in [-0.2, 0) is 26.3 Å². The van der Waals surface area contributed by atoms with Crippen LogP contribution in [0.3, 0.4) is 0 Å². The molecule has 0 aliphatic heterocycles. The number of aromatic nitrogens is 3. The quantitative estimate of drug-likeness (QED) is 0.873. The first-order valence-electron chi connectivity index (χ1n) is 7.11. The summed E-state index contributed by atoms with van der Waals surface area (Å²) in [5.74, 6) is 0.495. The monoisotopic (exact) mass is 286 g/mol. The summed E-state index contributed by atoms with van der Waals surface area (Å²) in [6.07, 6.45) is 7.29. The van der Waals surface area contributed by atoms with E-state index < -0.39 is 5.97 Å². The fourth-order valence-corrected chi connectivity index (χ4v) is 2.70. The van der Waals surface area contributed by atoms with E-state index in [1.165, 1.54) is 0 Å². The minimum Gasteiger partial charge on any atom is -0.478 e. The van der Waals surface area contributed by atoms with Crippen molar-refractivity contribution in [2.75, 3.05) is 11.9 Å². The first kappa shape index (κ1) is 13.6. The molecule has 0 unspecified atom stereocenters. The number of fused-ring (bicyclic) bond motifs is 1. The van der Waals surface area contributed by atoms with Crippen molar-refractivity contribution in [2.24, 2.45) is 7.05 Å². The molecule has 0 aromatic carbocycles. The van der Waals surface area contributed by atoms with E-state index in [-0.39, 0.29) is 5.56 Å². The summed E-state index contributed by atoms with van der Waals surface area (Å²) in [6.45, 7) is 0.608. The third kappa shape index (κ3) is 2.74. The van der Waals surface area contributed by atoms with Gasteiger partial charge in [-0.05, 0) is 30.9 Å². The third-order valence-corrected chi connectivity index (χ3v) is 3.84. The number of anilines is 1. The van der Waals surface area contributed by atoms with E-state index in [0.29, 0.717) is 12.4 Å². The Kier molecular flexibility index (Phi) is 3.60. The van der Waals surface area contributed by atoms with Crippen LogP contribution >= 0.6 is 0 Å². The van der Waals surface area contributed by atoms with Gasteiger partial charge < -0.3 is 15.0 Å². The van der Waals surface area contributed by atoms with Crippen molar-refractivity contribution in [1.82, 2.24) is 14.5 Å². The maximum Gasteiger partial charge on any atom is 0.339 e. The second-order valence-corrected chi connectivity index (χ2v) is 5.28. The molecule has 0 saturated heterocycles. The van der Waals surface area contributed by atoms with E-state index in [1.54, 1.807) is 12.3 Å². The van der Waals surface area contributed by atoms with E-state index in [2.05, 4.69) is 15.3 Å². The third-order valence-electron chi connectivity index (χ3n) is 3.84. The molecule has 0 atom stereocenters. The second-order valence-electron chi connectivity index (χ2n) is 5.28.